The molecule has 130 valence electrons. The SMILES string of the molecule is COc1nc(-c2cc(-c3ccon3)n(Cc3ccccc3)n2)ncc1F. The van der Waals surface area contributed by atoms with Gasteiger partial charge in [-0.15, -0.1) is 0 Å². The first kappa shape index (κ1) is 15.9. The van der Waals surface area contributed by atoms with Crippen LogP contribution >= 0.6 is 0 Å². The highest BCUT2D eigenvalue weighted by Gasteiger charge is 2.17. The Hall–Kier alpha value is -3.55. The van der Waals surface area contributed by atoms with Crippen molar-refractivity contribution in [3.05, 3.63) is 66.3 Å². The molecule has 26 heavy (non-hydrogen) atoms. The second kappa shape index (κ2) is 6.75. The Balaban J connectivity index is 1.78. The van der Waals surface area contributed by atoms with Crippen LogP contribution in [0.15, 0.2) is 59.4 Å². The maximum Gasteiger partial charge on any atom is 0.253 e. The normalized spacial score (nSPS) is 10.8. The summed E-state index contributed by atoms with van der Waals surface area (Å²) in [6, 6.07) is 13.4. The van der Waals surface area contributed by atoms with E-state index in [0.717, 1.165) is 17.5 Å². The minimum absolute atomic E-state index is 0.129. The molecular formula is C18H14FN5O2. The highest BCUT2D eigenvalue weighted by molar-refractivity contribution is 5.62. The van der Waals surface area contributed by atoms with Crippen LogP contribution in [0, 0.1) is 5.82 Å². The van der Waals surface area contributed by atoms with Gasteiger partial charge in [0.25, 0.3) is 5.88 Å². The first-order chi connectivity index (χ1) is 12.7. The average molecular weight is 351 g/mol. The summed E-state index contributed by atoms with van der Waals surface area (Å²) in [5.74, 6) is -0.493. The molecule has 0 fully saturated rings. The molecule has 0 atom stereocenters. The van der Waals surface area contributed by atoms with E-state index >= 15 is 0 Å². The van der Waals surface area contributed by atoms with E-state index < -0.39 is 5.82 Å². The van der Waals surface area contributed by atoms with Gasteiger partial charge in [-0.2, -0.15) is 14.5 Å². The van der Waals surface area contributed by atoms with Crippen molar-refractivity contribution in [2.24, 2.45) is 0 Å². The van der Waals surface area contributed by atoms with Crippen LogP contribution in [0.1, 0.15) is 5.56 Å². The molecule has 0 aliphatic carbocycles. The van der Waals surface area contributed by atoms with E-state index in [2.05, 4.69) is 20.2 Å². The van der Waals surface area contributed by atoms with E-state index in [-0.39, 0.29) is 11.7 Å². The molecule has 4 rings (SSSR count). The van der Waals surface area contributed by atoms with E-state index in [0.29, 0.717) is 17.9 Å². The second-order valence-electron chi connectivity index (χ2n) is 5.49. The molecule has 0 saturated heterocycles. The molecule has 0 unspecified atom stereocenters. The van der Waals surface area contributed by atoms with Crippen LogP contribution in [-0.2, 0) is 6.54 Å². The number of nitrogens with zero attached hydrogens (tertiary/aromatic N) is 5. The minimum atomic E-state index is -0.628. The number of hydrogen-bond donors (Lipinski definition) is 0. The summed E-state index contributed by atoms with van der Waals surface area (Å²) in [4.78, 5) is 8.09. The standard InChI is InChI=1S/C18H14FN5O2/c1-25-18-13(19)10-20-17(21-18)15-9-16(14-7-8-26-23-14)24(22-15)11-12-5-3-2-4-6-12/h2-10H,11H2,1H3. The Morgan fingerprint density at radius 3 is 2.73 bits per heavy atom. The van der Waals surface area contributed by atoms with Crippen molar-refractivity contribution in [3.63, 3.8) is 0 Å². The summed E-state index contributed by atoms with van der Waals surface area (Å²) < 4.78 is 25.2. The van der Waals surface area contributed by atoms with Gasteiger partial charge in [-0.25, -0.2) is 4.98 Å². The van der Waals surface area contributed by atoms with Crippen molar-refractivity contribution in [2.75, 3.05) is 7.11 Å². The Morgan fingerprint density at radius 2 is 2.00 bits per heavy atom. The smallest absolute Gasteiger partial charge is 0.253 e. The molecule has 0 aliphatic heterocycles. The summed E-state index contributed by atoms with van der Waals surface area (Å²) in [7, 11) is 1.35. The third kappa shape index (κ3) is 3.04. The average Bonchev–Trinajstić information content (AvgIpc) is 3.33. The van der Waals surface area contributed by atoms with Crippen molar-refractivity contribution in [2.45, 2.75) is 6.54 Å². The molecule has 0 radical (unpaired) electrons. The van der Waals surface area contributed by atoms with Crippen LogP contribution in [0.2, 0.25) is 0 Å². The number of hydrogen-bond acceptors (Lipinski definition) is 6. The van der Waals surface area contributed by atoms with E-state index in [1.54, 1.807) is 16.8 Å². The van der Waals surface area contributed by atoms with Crippen molar-refractivity contribution in [1.29, 1.82) is 0 Å². The van der Waals surface area contributed by atoms with Gasteiger partial charge in [-0.3, -0.25) is 4.68 Å². The fourth-order valence-electron chi connectivity index (χ4n) is 2.57. The third-order valence-corrected chi connectivity index (χ3v) is 3.79. The largest absolute Gasteiger partial charge is 0.479 e. The molecular weight excluding hydrogens is 337 g/mol. The monoisotopic (exact) mass is 351 g/mol. The van der Waals surface area contributed by atoms with E-state index in [4.69, 9.17) is 9.26 Å². The number of ether oxygens (including phenoxy) is 1. The summed E-state index contributed by atoms with van der Waals surface area (Å²) in [5.41, 5.74) is 2.93. The first-order valence-corrected chi connectivity index (χ1v) is 7.84. The molecule has 0 amide bonds. The number of halogens is 1. The second-order valence-corrected chi connectivity index (χ2v) is 5.49. The molecule has 0 N–H and O–H groups in total. The van der Waals surface area contributed by atoms with Crippen LogP contribution in [0.5, 0.6) is 5.88 Å². The molecule has 4 aromatic rings. The molecule has 3 aromatic heterocycles. The molecule has 8 heteroatoms. The Morgan fingerprint density at radius 1 is 1.15 bits per heavy atom. The lowest BCUT2D eigenvalue weighted by Gasteiger charge is -2.05. The van der Waals surface area contributed by atoms with Crippen molar-refractivity contribution >= 4 is 0 Å². The highest BCUT2D eigenvalue weighted by atomic mass is 19.1. The van der Waals surface area contributed by atoms with Gasteiger partial charge in [0.05, 0.1) is 25.5 Å². The van der Waals surface area contributed by atoms with Gasteiger partial charge >= 0.3 is 0 Å². The van der Waals surface area contributed by atoms with Crippen LogP contribution < -0.4 is 4.74 Å². The minimum Gasteiger partial charge on any atom is -0.479 e. The zero-order chi connectivity index (χ0) is 17.9. The predicted octanol–water partition coefficient (Wildman–Crippen LogP) is 3.19. The van der Waals surface area contributed by atoms with E-state index in [9.17, 15) is 4.39 Å². The number of benzene rings is 1. The maximum atomic E-state index is 13.6. The molecule has 0 saturated carbocycles. The van der Waals surface area contributed by atoms with Crippen molar-refractivity contribution < 1.29 is 13.7 Å². The fourth-order valence-corrected chi connectivity index (χ4v) is 2.57. The van der Waals surface area contributed by atoms with Crippen LogP contribution in [0.25, 0.3) is 22.9 Å². The first-order valence-electron chi connectivity index (χ1n) is 7.84. The quantitative estimate of drug-likeness (QED) is 0.549. The Labute approximate surface area is 148 Å². The zero-order valence-corrected chi connectivity index (χ0v) is 13.8. The number of aromatic nitrogens is 5. The summed E-state index contributed by atoms with van der Waals surface area (Å²) in [5, 5.41) is 8.55. The van der Waals surface area contributed by atoms with Crippen LogP contribution in [0.3, 0.4) is 0 Å². The van der Waals surface area contributed by atoms with Gasteiger partial charge in [0.2, 0.25) is 5.82 Å². The van der Waals surface area contributed by atoms with E-state index in [1.165, 1.54) is 13.4 Å². The highest BCUT2D eigenvalue weighted by Crippen LogP contribution is 2.25. The zero-order valence-electron chi connectivity index (χ0n) is 13.8. The van der Waals surface area contributed by atoms with Gasteiger partial charge in [0.1, 0.15) is 17.7 Å². The molecule has 1 aromatic carbocycles. The van der Waals surface area contributed by atoms with Gasteiger partial charge in [-0.05, 0) is 11.6 Å². The Bertz CT molecular complexity index is 1020. The lowest BCUT2D eigenvalue weighted by Crippen LogP contribution is -2.04. The topological polar surface area (TPSA) is 78.9 Å². The van der Waals surface area contributed by atoms with Gasteiger partial charge < -0.3 is 9.26 Å². The summed E-state index contributed by atoms with van der Waals surface area (Å²) in [6.07, 6.45) is 2.56. The molecule has 0 aliphatic rings. The lowest BCUT2D eigenvalue weighted by atomic mass is 10.2. The molecule has 7 nitrogen and oxygen atoms in total. The molecule has 0 spiro atoms. The number of rotatable bonds is 5. The fraction of sp³-hybridized carbons (Fsp3) is 0.111. The summed E-state index contributed by atoms with van der Waals surface area (Å²) >= 11 is 0. The van der Waals surface area contributed by atoms with Crippen molar-refractivity contribution in [3.8, 4) is 28.8 Å². The van der Waals surface area contributed by atoms with Gasteiger partial charge in [0, 0.05) is 6.07 Å². The van der Waals surface area contributed by atoms with Crippen LogP contribution in [-0.4, -0.2) is 32.0 Å². The third-order valence-electron chi connectivity index (χ3n) is 3.79. The van der Waals surface area contributed by atoms with Gasteiger partial charge in [-0.1, -0.05) is 35.5 Å². The summed E-state index contributed by atoms with van der Waals surface area (Å²) in [6.45, 7) is 0.529. The van der Waals surface area contributed by atoms with Crippen molar-refractivity contribution in [1.82, 2.24) is 24.9 Å². The molecule has 0 bridgehead atoms. The van der Waals surface area contributed by atoms with E-state index in [1.807, 2.05) is 30.3 Å². The van der Waals surface area contributed by atoms with Crippen LogP contribution in [0.4, 0.5) is 4.39 Å². The molecule has 3 heterocycles. The predicted molar refractivity (Wildman–Crippen MR) is 90.8 cm³/mol. The lowest BCUT2D eigenvalue weighted by molar-refractivity contribution is 0.367. The Kier molecular flexibility index (Phi) is 4.14. The number of methoxy groups -OCH3 is 1. The van der Waals surface area contributed by atoms with Gasteiger partial charge in [0.15, 0.2) is 5.82 Å². The maximum absolute atomic E-state index is 13.6.